The molecule has 2 rings (SSSR count). The minimum Gasteiger partial charge on any atom is -0.347 e. The minimum absolute atomic E-state index is 0.109. The van der Waals surface area contributed by atoms with Gasteiger partial charge < -0.3 is 10.2 Å². The lowest BCUT2D eigenvalue weighted by Gasteiger charge is -2.11. The molecule has 0 aliphatic rings. The van der Waals surface area contributed by atoms with Crippen molar-refractivity contribution in [2.45, 2.75) is 26.4 Å². The number of thiophene rings is 1. The minimum atomic E-state index is -0.232. The van der Waals surface area contributed by atoms with E-state index in [9.17, 15) is 9.18 Å². The molecule has 1 N–H and O–H groups in total. The van der Waals surface area contributed by atoms with E-state index in [1.807, 2.05) is 37.2 Å². The van der Waals surface area contributed by atoms with Crippen molar-refractivity contribution < 1.29 is 9.18 Å². The Balaban J connectivity index is 1.96. The topological polar surface area (TPSA) is 32.3 Å². The highest BCUT2D eigenvalue weighted by Crippen LogP contribution is 2.17. The van der Waals surface area contributed by atoms with Crippen molar-refractivity contribution in [1.82, 2.24) is 10.2 Å². The summed E-state index contributed by atoms with van der Waals surface area (Å²) in [6, 6.07) is 8.92. The fraction of sp³-hybridized carbons (Fsp3) is 0.353. The molecule has 1 amide bonds. The summed E-state index contributed by atoms with van der Waals surface area (Å²) >= 11 is 1.50. The third-order valence-electron chi connectivity index (χ3n) is 3.29. The molecule has 0 bridgehead atoms. The van der Waals surface area contributed by atoms with Crippen LogP contribution in [-0.4, -0.2) is 24.9 Å². The molecular weight excluding hydrogens is 299 g/mol. The van der Waals surface area contributed by atoms with Gasteiger partial charge in [-0.3, -0.25) is 4.79 Å². The van der Waals surface area contributed by atoms with Crippen molar-refractivity contribution >= 4 is 17.2 Å². The number of aryl methyl sites for hydroxylation is 1. The standard InChI is InChI=1S/C17H21FN2OS/c1-4-14-7-8-16(22-14)17(21)19-10-12-5-6-13(11-20(2)3)15(18)9-12/h5-9H,4,10-11H2,1-3H3,(H,19,21). The van der Waals surface area contributed by atoms with E-state index in [-0.39, 0.29) is 11.7 Å². The van der Waals surface area contributed by atoms with Gasteiger partial charge in [0.25, 0.3) is 5.91 Å². The number of carbonyl (C=O) groups is 1. The fourth-order valence-electron chi connectivity index (χ4n) is 2.13. The van der Waals surface area contributed by atoms with Crippen LogP contribution in [0.3, 0.4) is 0 Å². The van der Waals surface area contributed by atoms with E-state index in [2.05, 4.69) is 12.2 Å². The Morgan fingerprint density at radius 3 is 2.64 bits per heavy atom. The molecule has 5 heteroatoms. The van der Waals surface area contributed by atoms with Crippen molar-refractivity contribution in [2.24, 2.45) is 0 Å². The molecule has 0 spiro atoms. The first-order chi connectivity index (χ1) is 10.5. The highest BCUT2D eigenvalue weighted by atomic mass is 32.1. The Bertz CT molecular complexity index is 652. The van der Waals surface area contributed by atoms with Crippen molar-refractivity contribution in [2.75, 3.05) is 14.1 Å². The maximum absolute atomic E-state index is 14.0. The van der Waals surface area contributed by atoms with Crippen molar-refractivity contribution in [1.29, 1.82) is 0 Å². The first-order valence-electron chi connectivity index (χ1n) is 7.28. The SMILES string of the molecule is CCc1ccc(C(=O)NCc2ccc(CN(C)C)c(F)c2)s1. The summed E-state index contributed by atoms with van der Waals surface area (Å²) in [5.41, 5.74) is 1.42. The molecule has 1 aromatic carbocycles. The van der Waals surface area contributed by atoms with Gasteiger partial charge in [0.1, 0.15) is 5.82 Å². The van der Waals surface area contributed by atoms with E-state index in [1.54, 1.807) is 6.07 Å². The number of benzene rings is 1. The molecule has 0 radical (unpaired) electrons. The molecular formula is C17H21FN2OS. The van der Waals surface area contributed by atoms with Crippen LogP contribution in [0.25, 0.3) is 0 Å². The highest BCUT2D eigenvalue weighted by Gasteiger charge is 2.09. The van der Waals surface area contributed by atoms with Gasteiger partial charge in [0.05, 0.1) is 4.88 Å². The molecule has 0 aliphatic heterocycles. The number of amides is 1. The molecule has 0 aliphatic carbocycles. The first-order valence-corrected chi connectivity index (χ1v) is 8.10. The molecule has 2 aromatic rings. The molecule has 0 fully saturated rings. The van der Waals surface area contributed by atoms with Gasteiger partial charge in [0.2, 0.25) is 0 Å². The second-order valence-electron chi connectivity index (χ2n) is 5.47. The van der Waals surface area contributed by atoms with Crippen molar-refractivity contribution in [3.05, 3.63) is 57.0 Å². The number of halogens is 1. The Hall–Kier alpha value is -1.72. The maximum Gasteiger partial charge on any atom is 0.261 e. The predicted octanol–water partition coefficient (Wildman–Crippen LogP) is 3.44. The van der Waals surface area contributed by atoms with Crippen LogP contribution in [0.2, 0.25) is 0 Å². The molecule has 1 heterocycles. The molecule has 0 saturated carbocycles. The van der Waals surface area contributed by atoms with Gasteiger partial charge >= 0.3 is 0 Å². The summed E-state index contributed by atoms with van der Waals surface area (Å²) in [4.78, 5) is 15.8. The number of hydrogen-bond acceptors (Lipinski definition) is 3. The average Bonchev–Trinajstić information content (AvgIpc) is 2.96. The summed E-state index contributed by atoms with van der Waals surface area (Å²) in [6.07, 6.45) is 0.927. The van der Waals surface area contributed by atoms with Crippen LogP contribution in [0.4, 0.5) is 4.39 Å². The van der Waals surface area contributed by atoms with Gasteiger partial charge in [-0.2, -0.15) is 0 Å². The van der Waals surface area contributed by atoms with E-state index in [0.29, 0.717) is 23.5 Å². The summed E-state index contributed by atoms with van der Waals surface area (Å²) < 4.78 is 14.0. The van der Waals surface area contributed by atoms with Gasteiger partial charge in [-0.25, -0.2) is 4.39 Å². The molecule has 1 aromatic heterocycles. The Labute approximate surface area is 134 Å². The van der Waals surface area contributed by atoms with Gasteiger partial charge in [0, 0.05) is 23.5 Å². The lowest BCUT2D eigenvalue weighted by Crippen LogP contribution is -2.22. The zero-order valence-corrected chi connectivity index (χ0v) is 14.0. The van der Waals surface area contributed by atoms with Crippen LogP contribution in [0.1, 0.15) is 32.6 Å². The van der Waals surface area contributed by atoms with Crippen LogP contribution >= 0.6 is 11.3 Å². The van der Waals surface area contributed by atoms with Crippen LogP contribution in [0.5, 0.6) is 0 Å². The predicted molar refractivity (Wildman–Crippen MR) is 88.7 cm³/mol. The van der Waals surface area contributed by atoms with E-state index >= 15 is 0 Å². The van der Waals surface area contributed by atoms with Gasteiger partial charge in [-0.15, -0.1) is 11.3 Å². The summed E-state index contributed by atoms with van der Waals surface area (Å²) in [5, 5.41) is 2.83. The third kappa shape index (κ3) is 4.39. The number of nitrogens with zero attached hydrogens (tertiary/aromatic N) is 1. The Morgan fingerprint density at radius 2 is 2.05 bits per heavy atom. The van der Waals surface area contributed by atoms with E-state index in [4.69, 9.17) is 0 Å². The molecule has 3 nitrogen and oxygen atoms in total. The van der Waals surface area contributed by atoms with Crippen LogP contribution in [0.15, 0.2) is 30.3 Å². The largest absolute Gasteiger partial charge is 0.347 e. The maximum atomic E-state index is 14.0. The summed E-state index contributed by atoms with van der Waals surface area (Å²) in [7, 11) is 3.80. The fourth-order valence-corrected chi connectivity index (χ4v) is 2.99. The van der Waals surface area contributed by atoms with Crippen molar-refractivity contribution in [3.8, 4) is 0 Å². The molecule has 118 valence electrons. The van der Waals surface area contributed by atoms with Gasteiger partial charge in [0.15, 0.2) is 0 Å². The highest BCUT2D eigenvalue weighted by molar-refractivity contribution is 7.14. The summed E-state index contributed by atoms with van der Waals surface area (Å²) in [6.45, 7) is 2.95. The second kappa shape index (κ2) is 7.51. The second-order valence-corrected chi connectivity index (χ2v) is 6.63. The van der Waals surface area contributed by atoms with Gasteiger partial charge in [-0.1, -0.05) is 19.1 Å². The summed E-state index contributed by atoms with van der Waals surface area (Å²) in [5.74, 6) is -0.340. The number of carbonyl (C=O) groups excluding carboxylic acids is 1. The van der Waals surface area contributed by atoms with E-state index in [1.165, 1.54) is 22.3 Å². The molecule has 0 saturated heterocycles. The lowest BCUT2D eigenvalue weighted by molar-refractivity contribution is 0.0955. The van der Waals surface area contributed by atoms with Gasteiger partial charge in [-0.05, 0) is 44.3 Å². The smallest absolute Gasteiger partial charge is 0.261 e. The lowest BCUT2D eigenvalue weighted by atomic mass is 10.1. The number of nitrogens with one attached hydrogen (secondary N) is 1. The average molecular weight is 320 g/mol. The first kappa shape index (κ1) is 16.6. The Morgan fingerprint density at radius 1 is 1.27 bits per heavy atom. The Kier molecular flexibility index (Phi) is 5.69. The number of rotatable bonds is 6. The molecule has 0 atom stereocenters. The van der Waals surface area contributed by atoms with E-state index < -0.39 is 0 Å². The number of hydrogen-bond donors (Lipinski definition) is 1. The van der Waals surface area contributed by atoms with Crippen LogP contribution in [-0.2, 0) is 19.5 Å². The van der Waals surface area contributed by atoms with Crippen molar-refractivity contribution in [3.63, 3.8) is 0 Å². The quantitative estimate of drug-likeness (QED) is 0.884. The third-order valence-corrected chi connectivity index (χ3v) is 4.52. The normalized spacial score (nSPS) is 11.0. The molecule has 0 unspecified atom stereocenters. The van der Waals surface area contributed by atoms with E-state index in [0.717, 1.165) is 12.0 Å². The van der Waals surface area contributed by atoms with Crippen LogP contribution < -0.4 is 5.32 Å². The zero-order valence-electron chi connectivity index (χ0n) is 13.1. The van der Waals surface area contributed by atoms with Crippen LogP contribution in [0, 0.1) is 5.82 Å². The zero-order chi connectivity index (χ0) is 16.1. The molecule has 22 heavy (non-hydrogen) atoms. The monoisotopic (exact) mass is 320 g/mol.